The van der Waals surface area contributed by atoms with Crippen LogP contribution < -0.4 is 27.7 Å². The Kier molecular flexibility index (Phi) is 14.4. The first-order chi connectivity index (χ1) is 27.2. The van der Waals surface area contributed by atoms with E-state index in [0.29, 0.717) is 35.1 Å². The third-order valence-corrected chi connectivity index (χ3v) is 8.46. The lowest BCUT2D eigenvalue weighted by Crippen LogP contribution is -2.05. The number of carboxylic acids is 4. The van der Waals surface area contributed by atoms with Crippen LogP contribution in [0.3, 0.4) is 0 Å². The number of nitrogens with two attached hydrogens (primary N) is 4. The van der Waals surface area contributed by atoms with Gasteiger partial charge in [-0.15, -0.1) is 0 Å². The van der Waals surface area contributed by atoms with Crippen LogP contribution in [-0.4, -0.2) is 50.9 Å². The maximum atomic E-state index is 10.8. The molecule has 0 radical (unpaired) electrons. The van der Waals surface area contributed by atoms with E-state index in [1.54, 1.807) is 72.8 Å². The van der Waals surface area contributed by atoms with Crippen molar-refractivity contribution in [3.8, 4) is 5.75 Å². The Balaban J connectivity index is 0.000000168. The summed E-state index contributed by atoms with van der Waals surface area (Å²) < 4.78 is 5.36. The first kappa shape index (κ1) is 41.9. The van der Waals surface area contributed by atoms with Gasteiger partial charge in [0.15, 0.2) is 0 Å². The van der Waals surface area contributed by atoms with Crippen molar-refractivity contribution in [1.29, 1.82) is 0 Å². The number of aromatic carboxylic acids is 4. The van der Waals surface area contributed by atoms with Crippen molar-refractivity contribution in [1.82, 2.24) is 0 Å². The van der Waals surface area contributed by atoms with E-state index < -0.39 is 23.9 Å². The quantitative estimate of drug-likeness (QED) is 0.0533. The van der Waals surface area contributed by atoms with Gasteiger partial charge in [0.05, 0.1) is 23.3 Å². The van der Waals surface area contributed by atoms with Crippen molar-refractivity contribution in [3.05, 3.63) is 150 Å². The summed E-state index contributed by atoms with van der Waals surface area (Å²) in [5, 5.41) is 40.6. The summed E-state index contributed by atoms with van der Waals surface area (Å²) in [5.41, 5.74) is 25.6. The van der Waals surface area contributed by atoms with Crippen LogP contribution in [0.25, 0.3) is 32.3 Å². The van der Waals surface area contributed by atoms with Gasteiger partial charge in [0, 0.05) is 39.6 Å². The number of ether oxygens (including phenoxy) is 1. The van der Waals surface area contributed by atoms with Crippen molar-refractivity contribution in [2.45, 2.75) is 19.8 Å². The molecule has 0 unspecified atom stereocenters. The van der Waals surface area contributed by atoms with Crippen LogP contribution in [0.15, 0.2) is 127 Å². The SMILES string of the molecule is CCCCOc1cc(N)ccc1C(=O)O.Nc1cc2ccccc2cc1C(=O)O.Nc1cccc2cc(C(=O)O)ccc12.Nc1cccc2ccc(C(=O)O)cc12. The van der Waals surface area contributed by atoms with E-state index >= 15 is 0 Å². The third-order valence-electron chi connectivity index (χ3n) is 8.46. The van der Waals surface area contributed by atoms with Crippen molar-refractivity contribution >= 4 is 78.9 Å². The Morgan fingerprint density at radius 1 is 0.491 bits per heavy atom. The van der Waals surface area contributed by atoms with Gasteiger partial charge in [0.2, 0.25) is 0 Å². The topological polar surface area (TPSA) is 263 Å². The number of fused-ring (bicyclic) bond motifs is 3. The largest absolute Gasteiger partial charge is 0.493 e. The van der Waals surface area contributed by atoms with E-state index in [1.807, 2.05) is 55.5 Å². The number of nitrogen functional groups attached to an aromatic ring is 4. The van der Waals surface area contributed by atoms with Gasteiger partial charge in [0.25, 0.3) is 0 Å². The predicted molar refractivity (Wildman–Crippen MR) is 224 cm³/mol. The molecule has 0 bridgehead atoms. The maximum Gasteiger partial charge on any atom is 0.339 e. The van der Waals surface area contributed by atoms with Gasteiger partial charge in [-0.25, -0.2) is 19.2 Å². The lowest BCUT2D eigenvalue weighted by Gasteiger charge is -2.09. The van der Waals surface area contributed by atoms with Crippen molar-refractivity contribution in [2.75, 3.05) is 29.5 Å². The number of hydrogen-bond acceptors (Lipinski definition) is 9. The predicted octanol–water partition coefficient (Wildman–Crippen LogP) is 8.51. The monoisotopic (exact) mass is 770 g/mol. The van der Waals surface area contributed by atoms with E-state index in [9.17, 15) is 19.2 Å². The maximum absolute atomic E-state index is 10.8. The Morgan fingerprint density at radius 2 is 1.05 bits per heavy atom. The highest BCUT2D eigenvalue weighted by Gasteiger charge is 2.11. The van der Waals surface area contributed by atoms with Crippen LogP contribution in [0.5, 0.6) is 5.75 Å². The average molecular weight is 771 g/mol. The molecule has 7 rings (SSSR count). The number of anilines is 4. The molecule has 0 amide bonds. The number of benzene rings is 7. The molecular weight excluding hydrogens is 729 g/mol. The lowest BCUT2D eigenvalue weighted by molar-refractivity contribution is 0.0682. The fourth-order valence-electron chi connectivity index (χ4n) is 5.48. The van der Waals surface area contributed by atoms with Crippen molar-refractivity contribution in [3.63, 3.8) is 0 Å². The molecule has 0 atom stereocenters. The normalized spacial score (nSPS) is 10.2. The minimum absolute atomic E-state index is 0.153. The second-order valence-corrected chi connectivity index (χ2v) is 12.5. The molecule has 0 aromatic heterocycles. The molecule has 0 saturated heterocycles. The molecule has 13 heteroatoms. The number of rotatable bonds is 8. The summed E-state index contributed by atoms with van der Waals surface area (Å²) >= 11 is 0. The molecule has 0 spiro atoms. The van der Waals surface area contributed by atoms with E-state index in [2.05, 4.69) is 0 Å². The zero-order valence-corrected chi connectivity index (χ0v) is 30.9. The zero-order chi connectivity index (χ0) is 41.6. The standard InChI is InChI=1S/C11H15NO3.3C11H9NO2/c1-2-3-6-15-10-7-8(12)4-5-9(10)11(13)14;12-10-3-1-2-7-6-8(11(13)14)4-5-9(7)10;12-10-3-1-2-7-4-5-8(11(13)14)6-9(7)10;12-10-6-8-4-2-1-3-7(8)5-9(10)11(13)14/h4-5,7H,2-3,6,12H2,1H3,(H,13,14);3*1-6H,12H2,(H,13,14). The van der Waals surface area contributed by atoms with Gasteiger partial charge in [0.1, 0.15) is 11.3 Å². The minimum Gasteiger partial charge on any atom is -0.493 e. The highest BCUT2D eigenvalue weighted by molar-refractivity contribution is 6.01. The van der Waals surface area contributed by atoms with Crippen molar-refractivity contribution in [2.24, 2.45) is 0 Å². The third kappa shape index (κ3) is 11.4. The number of carboxylic acid groups (broad SMARTS) is 4. The molecular formula is C44H42N4O9. The summed E-state index contributed by atoms with van der Waals surface area (Å²) in [6, 6.07) is 36.1. The van der Waals surface area contributed by atoms with Crippen LogP contribution in [0.1, 0.15) is 61.2 Å². The van der Waals surface area contributed by atoms with E-state index in [0.717, 1.165) is 45.2 Å². The summed E-state index contributed by atoms with van der Waals surface area (Å²) in [6.07, 6.45) is 1.90. The number of unbranched alkanes of at least 4 members (excludes halogenated alkanes) is 1. The van der Waals surface area contributed by atoms with E-state index in [-0.39, 0.29) is 22.3 Å². The van der Waals surface area contributed by atoms with Gasteiger partial charge >= 0.3 is 23.9 Å². The molecule has 0 fully saturated rings. The van der Waals surface area contributed by atoms with Crippen LogP contribution in [0, 0.1) is 0 Å². The molecule has 7 aromatic carbocycles. The lowest BCUT2D eigenvalue weighted by atomic mass is 10.1. The Hall–Kier alpha value is -7.80. The molecule has 0 heterocycles. The van der Waals surface area contributed by atoms with Crippen LogP contribution in [0.4, 0.5) is 22.7 Å². The smallest absolute Gasteiger partial charge is 0.339 e. The van der Waals surface area contributed by atoms with E-state index in [1.165, 1.54) is 6.07 Å². The Bertz CT molecular complexity index is 2570. The first-order valence-electron chi connectivity index (χ1n) is 17.5. The Labute approximate surface area is 327 Å². The van der Waals surface area contributed by atoms with E-state index in [4.69, 9.17) is 48.1 Å². The Morgan fingerprint density at radius 3 is 1.67 bits per heavy atom. The molecule has 0 aliphatic rings. The number of carbonyl (C=O) groups is 4. The van der Waals surface area contributed by atoms with Crippen LogP contribution in [0.2, 0.25) is 0 Å². The highest BCUT2D eigenvalue weighted by atomic mass is 16.5. The van der Waals surface area contributed by atoms with Crippen molar-refractivity contribution < 1.29 is 44.3 Å². The zero-order valence-electron chi connectivity index (χ0n) is 30.9. The molecule has 12 N–H and O–H groups in total. The van der Waals surface area contributed by atoms with Gasteiger partial charge in [-0.1, -0.05) is 74.0 Å². The molecule has 292 valence electrons. The fraction of sp³-hybridized carbons (Fsp3) is 0.0909. The fourth-order valence-corrected chi connectivity index (χ4v) is 5.48. The summed E-state index contributed by atoms with van der Waals surface area (Å²) in [4.78, 5) is 43.0. The van der Waals surface area contributed by atoms with Gasteiger partial charge in [-0.05, 0) is 88.6 Å². The molecule has 0 saturated carbocycles. The molecule has 7 aromatic rings. The minimum atomic E-state index is -0.999. The first-order valence-corrected chi connectivity index (χ1v) is 17.5. The summed E-state index contributed by atoms with van der Waals surface area (Å²) in [7, 11) is 0. The number of hydrogen-bond donors (Lipinski definition) is 8. The van der Waals surface area contributed by atoms with Crippen LogP contribution >= 0.6 is 0 Å². The molecule has 57 heavy (non-hydrogen) atoms. The second-order valence-electron chi connectivity index (χ2n) is 12.5. The summed E-state index contributed by atoms with van der Waals surface area (Å²) in [6.45, 7) is 2.56. The van der Waals surface area contributed by atoms with Gasteiger partial charge in [-0.2, -0.15) is 0 Å². The highest BCUT2D eigenvalue weighted by Crippen LogP contribution is 2.25. The van der Waals surface area contributed by atoms with Gasteiger partial charge in [-0.3, -0.25) is 0 Å². The summed E-state index contributed by atoms with van der Waals surface area (Å²) in [5.74, 6) is -3.50. The van der Waals surface area contributed by atoms with Gasteiger partial charge < -0.3 is 48.1 Å². The second kappa shape index (κ2) is 19.5. The molecule has 13 nitrogen and oxygen atoms in total. The average Bonchev–Trinajstić information content (AvgIpc) is 3.18. The van der Waals surface area contributed by atoms with Crippen LogP contribution in [-0.2, 0) is 0 Å². The molecule has 0 aliphatic carbocycles. The molecule has 0 aliphatic heterocycles.